The number of carbonyl (C=O) groups is 1. The summed E-state index contributed by atoms with van der Waals surface area (Å²) in [6.07, 6.45) is 0. The fourth-order valence-corrected chi connectivity index (χ4v) is 3.60. The summed E-state index contributed by atoms with van der Waals surface area (Å²) in [5.74, 6) is 0.0484. The van der Waals surface area contributed by atoms with Crippen LogP contribution in [0.25, 0.3) is 44.3 Å². The molecule has 0 spiro atoms. The van der Waals surface area contributed by atoms with Gasteiger partial charge in [0.2, 0.25) is 0 Å². The molecule has 0 radical (unpaired) electrons. The van der Waals surface area contributed by atoms with Gasteiger partial charge in [-0.2, -0.15) is 0 Å². The van der Waals surface area contributed by atoms with Crippen LogP contribution in [0.1, 0.15) is 17.3 Å². The molecule has 0 atom stereocenters. The second kappa shape index (κ2) is 6.95. The number of carbonyl (C=O) groups excluding carboxylic acids is 1. The van der Waals surface area contributed by atoms with E-state index < -0.39 is 0 Å². The summed E-state index contributed by atoms with van der Waals surface area (Å²) in [7, 11) is 0. The Morgan fingerprint density at radius 3 is 1.79 bits per heavy atom. The molecule has 2 heterocycles. The lowest BCUT2D eigenvalue weighted by Gasteiger charge is -2.08. The van der Waals surface area contributed by atoms with Crippen molar-refractivity contribution in [2.24, 2.45) is 0 Å². The highest BCUT2D eigenvalue weighted by Gasteiger charge is 2.09. The highest BCUT2D eigenvalue weighted by Crippen LogP contribution is 2.28. The molecule has 3 nitrogen and oxygen atoms in total. The normalized spacial score (nSPS) is 11.1. The molecule has 0 saturated carbocycles. The van der Waals surface area contributed by atoms with Crippen LogP contribution < -0.4 is 0 Å². The Morgan fingerprint density at radius 2 is 1.17 bits per heavy atom. The van der Waals surface area contributed by atoms with Gasteiger partial charge in [-0.1, -0.05) is 72.8 Å². The van der Waals surface area contributed by atoms with Crippen LogP contribution in [-0.2, 0) is 0 Å². The third-order valence-corrected chi connectivity index (χ3v) is 5.15. The van der Waals surface area contributed by atoms with Crippen molar-refractivity contribution < 1.29 is 4.79 Å². The van der Waals surface area contributed by atoms with E-state index in [1.54, 1.807) is 6.92 Å². The van der Waals surface area contributed by atoms with Crippen molar-refractivity contribution in [3.05, 3.63) is 96.6 Å². The maximum atomic E-state index is 11.8. The van der Waals surface area contributed by atoms with Crippen LogP contribution in [0.3, 0.4) is 0 Å². The molecule has 0 unspecified atom stereocenters. The fraction of sp³-hybridized carbons (Fsp3) is 0.0385. The van der Waals surface area contributed by atoms with Crippen molar-refractivity contribution in [3.8, 4) is 22.5 Å². The average Bonchev–Trinajstić information content (AvgIpc) is 2.79. The standard InChI is InChI=1S/C26H18N2O/c1-17(29)21-8-5-9-22(16-21)24-15-13-20-11-10-19-12-14-23(18-6-3-2-4-7-18)27-25(19)26(20)28-24/h2-16H,1H3. The lowest BCUT2D eigenvalue weighted by atomic mass is 10.0. The number of nitrogens with zero attached hydrogens (tertiary/aromatic N) is 2. The summed E-state index contributed by atoms with van der Waals surface area (Å²) < 4.78 is 0. The molecule has 0 N–H and O–H groups in total. The highest BCUT2D eigenvalue weighted by atomic mass is 16.1. The highest BCUT2D eigenvalue weighted by molar-refractivity contribution is 6.04. The van der Waals surface area contributed by atoms with E-state index >= 15 is 0 Å². The van der Waals surface area contributed by atoms with Crippen molar-refractivity contribution in [1.29, 1.82) is 0 Å². The molecule has 0 bridgehead atoms. The van der Waals surface area contributed by atoms with Gasteiger partial charge in [0.25, 0.3) is 0 Å². The predicted octanol–water partition coefficient (Wildman–Crippen LogP) is 6.32. The van der Waals surface area contributed by atoms with Gasteiger partial charge in [-0.05, 0) is 25.1 Å². The van der Waals surface area contributed by atoms with Gasteiger partial charge in [0.15, 0.2) is 5.78 Å². The van der Waals surface area contributed by atoms with Crippen molar-refractivity contribution >= 4 is 27.6 Å². The number of hydrogen-bond donors (Lipinski definition) is 0. The summed E-state index contributed by atoms with van der Waals surface area (Å²) in [6.45, 7) is 1.58. The Morgan fingerprint density at radius 1 is 0.621 bits per heavy atom. The first kappa shape index (κ1) is 17.3. The zero-order valence-electron chi connectivity index (χ0n) is 16.0. The molecule has 5 rings (SSSR count). The first-order valence-corrected chi connectivity index (χ1v) is 9.56. The van der Waals surface area contributed by atoms with E-state index in [-0.39, 0.29) is 5.78 Å². The van der Waals surface area contributed by atoms with Crippen LogP contribution in [-0.4, -0.2) is 15.8 Å². The second-order valence-electron chi connectivity index (χ2n) is 7.11. The van der Waals surface area contributed by atoms with E-state index in [1.807, 2.05) is 54.6 Å². The van der Waals surface area contributed by atoms with E-state index in [2.05, 4.69) is 36.4 Å². The summed E-state index contributed by atoms with van der Waals surface area (Å²) in [4.78, 5) is 21.6. The predicted molar refractivity (Wildman–Crippen MR) is 118 cm³/mol. The maximum Gasteiger partial charge on any atom is 0.159 e. The van der Waals surface area contributed by atoms with E-state index in [0.717, 1.165) is 44.3 Å². The number of rotatable bonds is 3. The largest absolute Gasteiger partial charge is 0.295 e. The second-order valence-corrected chi connectivity index (χ2v) is 7.11. The van der Waals surface area contributed by atoms with E-state index in [0.29, 0.717) is 5.56 Å². The molecule has 2 aromatic heterocycles. The lowest BCUT2D eigenvalue weighted by molar-refractivity contribution is 0.101. The molecule has 0 aliphatic heterocycles. The average molecular weight is 374 g/mol. The van der Waals surface area contributed by atoms with Gasteiger partial charge in [0.05, 0.1) is 22.4 Å². The zero-order chi connectivity index (χ0) is 19.8. The Kier molecular flexibility index (Phi) is 4.14. The van der Waals surface area contributed by atoms with Crippen molar-refractivity contribution in [2.75, 3.05) is 0 Å². The number of Topliss-reactive ketones (excluding diaryl/α,β-unsaturated/α-hetero) is 1. The number of fused-ring (bicyclic) bond motifs is 3. The van der Waals surface area contributed by atoms with Crippen LogP contribution in [0.4, 0.5) is 0 Å². The van der Waals surface area contributed by atoms with Crippen molar-refractivity contribution in [1.82, 2.24) is 9.97 Å². The summed E-state index contributed by atoms with van der Waals surface area (Å²) >= 11 is 0. The molecule has 138 valence electrons. The Balaban J connectivity index is 1.72. The van der Waals surface area contributed by atoms with Gasteiger partial charge in [0.1, 0.15) is 0 Å². The SMILES string of the molecule is CC(=O)c1cccc(-c2ccc3ccc4ccc(-c5ccccc5)nc4c3n2)c1. The van der Waals surface area contributed by atoms with E-state index in [1.165, 1.54) is 0 Å². The number of aromatic nitrogens is 2. The minimum absolute atomic E-state index is 0.0484. The monoisotopic (exact) mass is 374 g/mol. The van der Waals surface area contributed by atoms with Gasteiger partial charge in [-0.25, -0.2) is 9.97 Å². The van der Waals surface area contributed by atoms with Crippen molar-refractivity contribution in [3.63, 3.8) is 0 Å². The molecule has 0 fully saturated rings. The minimum Gasteiger partial charge on any atom is -0.295 e. The van der Waals surface area contributed by atoms with Crippen LogP contribution >= 0.6 is 0 Å². The molecule has 5 aromatic rings. The quantitative estimate of drug-likeness (QED) is 0.274. The lowest BCUT2D eigenvalue weighted by Crippen LogP contribution is -1.94. The third-order valence-electron chi connectivity index (χ3n) is 5.15. The Hall–Kier alpha value is -3.85. The van der Waals surface area contributed by atoms with Crippen LogP contribution in [0, 0.1) is 0 Å². The van der Waals surface area contributed by atoms with Gasteiger partial charge in [0, 0.05) is 27.5 Å². The molecule has 0 aliphatic carbocycles. The van der Waals surface area contributed by atoms with Gasteiger partial charge in [-0.15, -0.1) is 0 Å². The number of hydrogen-bond acceptors (Lipinski definition) is 3. The maximum absolute atomic E-state index is 11.8. The molecule has 0 amide bonds. The molecular formula is C26H18N2O. The molecule has 0 saturated heterocycles. The molecule has 0 aliphatic rings. The zero-order valence-corrected chi connectivity index (χ0v) is 16.0. The number of benzene rings is 3. The minimum atomic E-state index is 0.0484. The number of pyridine rings is 2. The van der Waals surface area contributed by atoms with Gasteiger partial charge in [-0.3, -0.25) is 4.79 Å². The number of ketones is 1. The Bertz CT molecular complexity index is 1370. The molecule has 3 aromatic carbocycles. The molecule has 3 heteroatoms. The topological polar surface area (TPSA) is 42.9 Å². The van der Waals surface area contributed by atoms with Crippen LogP contribution in [0.15, 0.2) is 91.0 Å². The fourth-order valence-electron chi connectivity index (χ4n) is 3.60. The first-order chi connectivity index (χ1) is 14.2. The van der Waals surface area contributed by atoms with E-state index in [9.17, 15) is 4.79 Å². The van der Waals surface area contributed by atoms with Crippen LogP contribution in [0.5, 0.6) is 0 Å². The third kappa shape index (κ3) is 3.17. The van der Waals surface area contributed by atoms with Gasteiger partial charge < -0.3 is 0 Å². The summed E-state index contributed by atoms with van der Waals surface area (Å²) in [5.41, 5.74) is 6.20. The molecular weight excluding hydrogens is 356 g/mol. The Labute approximate surface area is 168 Å². The molecule has 29 heavy (non-hydrogen) atoms. The van der Waals surface area contributed by atoms with Gasteiger partial charge >= 0.3 is 0 Å². The smallest absolute Gasteiger partial charge is 0.159 e. The first-order valence-electron chi connectivity index (χ1n) is 9.56. The van der Waals surface area contributed by atoms with Crippen molar-refractivity contribution in [2.45, 2.75) is 6.92 Å². The van der Waals surface area contributed by atoms with Crippen LogP contribution in [0.2, 0.25) is 0 Å². The summed E-state index contributed by atoms with van der Waals surface area (Å²) in [6, 6.07) is 30.1. The van der Waals surface area contributed by atoms with E-state index in [4.69, 9.17) is 9.97 Å². The summed E-state index contributed by atoms with van der Waals surface area (Å²) in [5, 5.41) is 2.10.